The standard InChI is InChI=1S/C30H30N4O4/c1-33(2)18-23-14-16-26(35)34(23)22-12-10-21(11-13-22)31-28(19-7-5-4-6-8-19)27-24-15-9-20(30(37)38-3)17-25(24)32-29(27)36/h4-13,15,17,23,32,36H,14,16,18H2,1-3H3/t23-/m1/s1. The number of aromatic nitrogens is 1. The van der Waals surface area contributed by atoms with Crippen LogP contribution in [0.15, 0.2) is 77.8 Å². The van der Waals surface area contributed by atoms with E-state index in [1.807, 2.05) is 73.6 Å². The summed E-state index contributed by atoms with van der Waals surface area (Å²) in [5, 5.41) is 11.7. The van der Waals surface area contributed by atoms with Gasteiger partial charge in [-0.15, -0.1) is 0 Å². The summed E-state index contributed by atoms with van der Waals surface area (Å²) in [6.45, 7) is 0.807. The Morgan fingerprint density at radius 3 is 2.50 bits per heavy atom. The Kier molecular flexibility index (Phi) is 6.98. The number of nitrogens with zero attached hydrogens (tertiary/aromatic N) is 3. The molecule has 1 aromatic heterocycles. The number of rotatable bonds is 7. The zero-order chi connectivity index (χ0) is 26.8. The summed E-state index contributed by atoms with van der Waals surface area (Å²) >= 11 is 0. The van der Waals surface area contributed by atoms with E-state index in [-0.39, 0.29) is 17.8 Å². The SMILES string of the molecule is COC(=O)c1ccc2c(C(=Nc3ccc(N4C(=O)CC[C@@H]4CN(C)C)cc3)c3ccccc3)c(O)[nH]c2c1. The maximum absolute atomic E-state index is 12.6. The van der Waals surface area contributed by atoms with Gasteiger partial charge in [0.25, 0.3) is 0 Å². The topological polar surface area (TPSA) is 98.2 Å². The molecule has 0 saturated carbocycles. The monoisotopic (exact) mass is 510 g/mol. The van der Waals surface area contributed by atoms with Crippen LogP contribution < -0.4 is 4.90 Å². The number of aliphatic imine (C=N–C) groups is 1. The third-order valence-corrected chi connectivity index (χ3v) is 6.75. The van der Waals surface area contributed by atoms with Gasteiger partial charge in [-0.25, -0.2) is 9.79 Å². The second-order valence-electron chi connectivity index (χ2n) is 9.66. The highest BCUT2D eigenvalue weighted by Gasteiger charge is 2.32. The fraction of sp³-hybridized carbons (Fsp3) is 0.233. The quantitative estimate of drug-likeness (QED) is 0.273. The lowest BCUT2D eigenvalue weighted by molar-refractivity contribution is -0.117. The van der Waals surface area contributed by atoms with Gasteiger partial charge in [0.05, 0.1) is 35.7 Å². The van der Waals surface area contributed by atoms with Gasteiger partial charge in [0.2, 0.25) is 5.91 Å². The fourth-order valence-electron chi connectivity index (χ4n) is 5.04. The van der Waals surface area contributed by atoms with E-state index in [4.69, 9.17) is 9.73 Å². The zero-order valence-corrected chi connectivity index (χ0v) is 21.6. The molecule has 1 amide bonds. The number of anilines is 1. The number of carbonyl (C=O) groups excluding carboxylic acids is 2. The first kappa shape index (κ1) is 25.2. The highest BCUT2D eigenvalue weighted by Crippen LogP contribution is 2.33. The molecular weight excluding hydrogens is 480 g/mol. The van der Waals surface area contributed by atoms with Crippen LogP contribution in [0.5, 0.6) is 5.88 Å². The van der Waals surface area contributed by atoms with Crippen LogP contribution in [0, 0.1) is 0 Å². The number of benzene rings is 3. The number of amides is 1. The average molecular weight is 511 g/mol. The third kappa shape index (κ3) is 4.90. The van der Waals surface area contributed by atoms with E-state index >= 15 is 0 Å². The normalized spacial score (nSPS) is 16.0. The summed E-state index contributed by atoms with van der Waals surface area (Å²) in [4.78, 5) is 36.5. The molecule has 3 aromatic carbocycles. The Labute approximate surface area is 221 Å². The maximum atomic E-state index is 12.6. The molecule has 1 saturated heterocycles. The molecule has 2 N–H and O–H groups in total. The van der Waals surface area contributed by atoms with Crippen LogP contribution in [-0.4, -0.2) is 66.4 Å². The molecule has 1 atom stereocenters. The largest absolute Gasteiger partial charge is 0.494 e. The van der Waals surface area contributed by atoms with Crippen molar-refractivity contribution in [2.45, 2.75) is 18.9 Å². The molecule has 8 heteroatoms. The maximum Gasteiger partial charge on any atom is 0.337 e. The number of ether oxygens (including phenoxy) is 1. The number of esters is 1. The fourth-order valence-corrected chi connectivity index (χ4v) is 5.04. The van der Waals surface area contributed by atoms with Crippen molar-refractivity contribution >= 4 is 39.9 Å². The minimum absolute atomic E-state index is 0.0459. The summed E-state index contributed by atoms with van der Waals surface area (Å²) in [6, 6.07) is 22.5. The smallest absolute Gasteiger partial charge is 0.337 e. The molecule has 8 nitrogen and oxygen atoms in total. The average Bonchev–Trinajstić information content (AvgIpc) is 3.44. The number of hydrogen-bond acceptors (Lipinski definition) is 6. The van der Waals surface area contributed by atoms with E-state index in [1.54, 1.807) is 18.2 Å². The molecule has 1 fully saturated rings. The molecule has 5 rings (SSSR count). The minimum Gasteiger partial charge on any atom is -0.494 e. The number of likely N-dealkylation sites (N-methyl/N-ethyl adjacent to an activating group) is 1. The molecular formula is C30H30N4O4. The summed E-state index contributed by atoms with van der Waals surface area (Å²) < 4.78 is 4.83. The van der Waals surface area contributed by atoms with Gasteiger partial charge in [0.1, 0.15) is 0 Å². The molecule has 0 radical (unpaired) electrons. The summed E-state index contributed by atoms with van der Waals surface area (Å²) in [5.74, 6) is -0.368. The van der Waals surface area contributed by atoms with Crippen LogP contribution in [-0.2, 0) is 9.53 Å². The Bertz CT molecular complexity index is 1510. The van der Waals surface area contributed by atoms with Crippen molar-refractivity contribution < 1.29 is 19.4 Å². The van der Waals surface area contributed by atoms with Crippen LogP contribution >= 0.6 is 0 Å². The number of H-pyrrole nitrogens is 1. The molecule has 1 aliphatic heterocycles. The molecule has 0 spiro atoms. The zero-order valence-electron chi connectivity index (χ0n) is 21.6. The number of aromatic hydroxyl groups is 1. The highest BCUT2D eigenvalue weighted by molar-refractivity contribution is 6.22. The Morgan fingerprint density at radius 2 is 1.82 bits per heavy atom. The molecule has 4 aromatic rings. The highest BCUT2D eigenvalue weighted by atomic mass is 16.5. The molecule has 2 heterocycles. The van der Waals surface area contributed by atoms with Crippen LogP contribution in [0.4, 0.5) is 11.4 Å². The van der Waals surface area contributed by atoms with Crippen molar-refractivity contribution in [1.29, 1.82) is 0 Å². The summed E-state index contributed by atoms with van der Waals surface area (Å²) in [6.07, 6.45) is 1.39. The van der Waals surface area contributed by atoms with Gasteiger partial charge < -0.3 is 24.6 Å². The molecule has 0 unspecified atom stereocenters. The third-order valence-electron chi connectivity index (χ3n) is 6.75. The van der Waals surface area contributed by atoms with Crippen molar-refractivity contribution in [3.05, 3.63) is 89.5 Å². The van der Waals surface area contributed by atoms with E-state index in [0.717, 1.165) is 29.6 Å². The summed E-state index contributed by atoms with van der Waals surface area (Å²) in [7, 11) is 5.36. The minimum atomic E-state index is -0.455. The molecule has 38 heavy (non-hydrogen) atoms. The van der Waals surface area contributed by atoms with Gasteiger partial charge in [0, 0.05) is 35.1 Å². The van der Waals surface area contributed by atoms with Crippen LogP contribution in [0.25, 0.3) is 10.9 Å². The second-order valence-corrected chi connectivity index (χ2v) is 9.66. The predicted octanol–water partition coefficient (Wildman–Crippen LogP) is 4.89. The van der Waals surface area contributed by atoms with E-state index in [0.29, 0.717) is 34.5 Å². The molecule has 1 aliphatic rings. The van der Waals surface area contributed by atoms with Gasteiger partial charge in [-0.3, -0.25) is 4.79 Å². The van der Waals surface area contributed by atoms with Crippen molar-refractivity contribution in [2.75, 3.05) is 32.6 Å². The van der Waals surface area contributed by atoms with E-state index in [9.17, 15) is 14.7 Å². The van der Waals surface area contributed by atoms with Gasteiger partial charge in [-0.2, -0.15) is 0 Å². The number of methoxy groups -OCH3 is 1. The van der Waals surface area contributed by atoms with Crippen molar-refractivity contribution in [2.24, 2.45) is 4.99 Å². The first-order valence-electron chi connectivity index (χ1n) is 12.5. The van der Waals surface area contributed by atoms with E-state index < -0.39 is 5.97 Å². The molecule has 0 aliphatic carbocycles. The Balaban J connectivity index is 1.56. The number of hydrogen-bond donors (Lipinski definition) is 2. The van der Waals surface area contributed by atoms with Crippen molar-refractivity contribution in [3.8, 4) is 5.88 Å². The van der Waals surface area contributed by atoms with Gasteiger partial charge in [-0.1, -0.05) is 36.4 Å². The number of aromatic amines is 1. The Morgan fingerprint density at radius 1 is 1.08 bits per heavy atom. The first-order chi connectivity index (χ1) is 18.4. The van der Waals surface area contributed by atoms with E-state index in [2.05, 4.69) is 9.88 Å². The van der Waals surface area contributed by atoms with Crippen LogP contribution in [0.1, 0.15) is 34.3 Å². The van der Waals surface area contributed by atoms with Crippen LogP contribution in [0.3, 0.4) is 0 Å². The summed E-state index contributed by atoms with van der Waals surface area (Å²) in [5.41, 5.74) is 4.45. The number of fused-ring (bicyclic) bond motifs is 1. The predicted molar refractivity (Wildman–Crippen MR) is 149 cm³/mol. The lowest BCUT2D eigenvalue weighted by Gasteiger charge is -2.27. The first-order valence-corrected chi connectivity index (χ1v) is 12.5. The Hall–Kier alpha value is -4.43. The lowest BCUT2D eigenvalue weighted by Crippen LogP contribution is -2.39. The number of nitrogens with one attached hydrogen (secondary N) is 1. The molecule has 0 bridgehead atoms. The van der Waals surface area contributed by atoms with Crippen LogP contribution in [0.2, 0.25) is 0 Å². The van der Waals surface area contributed by atoms with Gasteiger partial charge in [-0.05, 0) is 56.9 Å². The van der Waals surface area contributed by atoms with Gasteiger partial charge in [0.15, 0.2) is 5.88 Å². The van der Waals surface area contributed by atoms with E-state index in [1.165, 1.54) is 7.11 Å². The van der Waals surface area contributed by atoms with Gasteiger partial charge >= 0.3 is 5.97 Å². The lowest BCUT2D eigenvalue weighted by atomic mass is 10.00. The van der Waals surface area contributed by atoms with Crippen molar-refractivity contribution in [3.63, 3.8) is 0 Å². The second kappa shape index (κ2) is 10.5. The van der Waals surface area contributed by atoms with Crippen molar-refractivity contribution in [1.82, 2.24) is 9.88 Å². The number of carbonyl (C=O) groups is 2. The molecule has 194 valence electrons.